The molecule has 0 bridgehead atoms. The summed E-state index contributed by atoms with van der Waals surface area (Å²) in [6.07, 6.45) is 0. The van der Waals surface area contributed by atoms with Crippen molar-refractivity contribution in [3.8, 4) is 0 Å². The van der Waals surface area contributed by atoms with E-state index >= 15 is 0 Å². The normalized spacial score (nSPS) is 16.2. The molecule has 94 valence electrons. The molecular formula is C13H18ClNOS. The highest BCUT2D eigenvalue weighted by molar-refractivity contribution is 8.00. The minimum atomic E-state index is 0.479. The number of halogens is 1. The molecule has 2 nitrogen and oxygen atoms in total. The van der Waals surface area contributed by atoms with Crippen LogP contribution in [-0.2, 0) is 11.3 Å². The summed E-state index contributed by atoms with van der Waals surface area (Å²) >= 11 is 8.12. The molecule has 0 amide bonds. The van der Waals surface area contributed by atoms with Gasteiger partial charge < -0.3 is 10.1 Å². The minimum Gasteiger partial charge on any atom is -0.379 e. The fourth-order valence-electron chi connectivity index (χ4n) is 1.53. The van der Waals surface area contributed by atoms with Crippen molar-refractivity contribution < 1.29 is 4.74 Å². The lowest BCUT2D eigenvalue weighted by molar-refractivity contribution is 0.0455. The summed E-state index contributed by atoms with van der Waals surface area (Å²) in [7, 11) is 0. The van der Waals surface area contributed by atoms with Gasteiger partial charge in [-0.15, -0.1) is 11.8 Å². The molecule has 1 fully saturated rings. The summed E-state index contributed by atoms with van der Waals surface area (Å²) in [6.45, 7) is 6.81. The second-order valence-electron chi connectivity index (χ2n) is 4.57. The third-order valence-corrected chi connectivity index (χ3v) is 4.12. The van der Waals surface area contributed by atoms with Gasteiger partial charge in [0.1, 0.15) is 0 Å². The maximum Gasteiger partial charge on any atom is 0.0611 e. The second-order valence-corrected chi connectivity index (χ2v) is 6.35. The van der Waals surface area contributed by atoms with Crippen molar-refractivity contribution in [1.82, 2.24) is 5.32 Å². The van der Waals surface area contributed by atoms with Gasteiger partial charge in [-0.05, 0) is 17.7 Å². The topological polar surface area (TPSA) is 21.3 Å². The van der Waals surface area contributed by atoms with E-state index < -0.39 is 0 Å². The van der Waals surface area contributed by atoms with Crippen molar-refractivity contribution in [2.75, 3.05) is 13.2 Å². The smallest absolute Gasteiger partial charge is 0.0611 e. The molecule has 1 aliphatic heterocycles. The predicted molar refractivity (Wildman–Crippen MR) is 73.9 cm³/mol. The lowest BCUT2D eigenvalue weighted by atomic mass is 10.2. The van der Waals surface area contributed by atoms with Crippen LogP contribution in [0.5, 0.6) is 0 Å². The summed E-state index contributed by atoms with van der Waals surface area (Å²) in [5, 5.41) is 4.83. The van der Waals surface area contributed by atoms with Gasteiger partial charge in [-0.25, -0.2) is 0 Å². The van der Waals surface area contributed by atoms with E-state index in [-0.39, 0.29) is 0 Å². The first-order valence-corrected chi connectivity index (χ1v) is 7.17. The summed E-state index contributed by atoms with van der Waals surface area (Å²) in [5.41, 5.74) is 1.16. The average Bonchev–Trinajstić information content (AvgIpc) is 2.22. The molecule has 0 aromatic heterocycles. The summed E-state index contributed by atoms with van der Waals surface area (Å²) < 4.78 is 5.16. The van der Waals surface area contributed by atoms with Crippen LogP contribution >= 0.6 is 23.4 Å². The third kappa shape index (κ3) is 3.88. The van der Waals surface area contributed by atoms with Crippen molar-refractivity contribution in [1.29, 1.82) is 0 Å². The Morgan fingerprint density at radius 3 is 2.76 bits per heavy atom. The van der Waals surface area contributed by atoms with Gasteiger partial charge in [-0.3, -0.25) is 0 Å². The fourth-order valence-corrected chi connectivity index (χ4v) is 2.89. The van der Waals surface area contributed by atoms with Gasteiger partial charge in [-0.1, -0.05) is 31.5 Å². The maximum atomic E-state index is 6.27. The number of ether oxygens (including phenoxy) is 1. The van der Waals surface area contributed by atoms with Gasteiger partial charge in [0.05, 0.1) is 18.5 Å². The first-order chi connectivity index (χ1) is 8.15. The van der Waals surface area contributed by atoms with Crippen molar-refractivity contribution in [3.05, 3.63) is 28.8 Å². The minimum absolute atomic E-state index is 0.479. The summed E-state index contributed by atoms with van der Waals surface area (Å²) in [4.78, 5) is 1.23. The Morgan fingerprint density at radius 1 is 1.47 bits per heavy atom. The number of benzene rings is 1. The molecule has 1 aliphatic rings. The molecule has 0 spiro atoms. The Morgan fingerprint density at radius 2 is 2.24 bits per heavy atom. The van der Waals surface area contributed by atoms with E-state index in [0.717, 1.165) is 30.3 Å². The molecule has 0 aliphatic carbocycles. The van der Waals surface area contributed by atoms with E-state index in [2.05, 4.69) is 37.4 Å². The molecule has 1 saturated heterocycles. The molecule has 1 aromatic rings. The van der Waals surface area contributed by atoms with Gasteiger partial charge in [0.25, 0.3) is 0 Å². The predicted octanol–water partition coefficient (Wildman–Crippen LogP) is 3.33. The lowest BCUT2D eigenvalue weighted by Crippen LogP contribution is -2.30. The zero-order valence-corrected chi connectivity index (χ0v) is 11.8. The molecule has 17 heavy (non-hydrogen) atoms. The molecule has 0 radical (unpaired) electrons. The maximum absolute atomic E-state index is 6.27. The van der Waals surface area contributed by atoms with Crippen molar-refractivity contribution in [2.24, 2.45) is 0 Å². The highest BCUT2D eigenvalue weighted by Crippen LogP contribution is 2.31. The quantitative estimate of drug-likeness (QED) is 0.888. The van der Waals surface area contributed by atoms with Crippen LogP contribution in [0.25, 0.3) is 0 Å². The van der Waals surface area contributed by atoms with Crippen LogP contribution < -0.4 is 5.32 Å². The fraction of sp³-hybridized carbons (Fsp3) is 0.538. The molecule has 1 heterocycles. The van der Waals surface area contributed by atoms with Gasteiger partial charge in [0.15, 0.2) is 0 Å². The molecule has 4 heteroatoms. The second kappa shape index (κ2) is 6.10. The SMILES string of the molecule is CC(C)NCc1ccc(SC2COC2)cc1Cl. The zero-order valence-electron chi connectivity index (χ0n) is 10.2. The van der Waals surface area contributed by atoms with Crippen LogP contribution in [-0.4, -0.2) is 24.5 Å². The third-order valence-electron chi connectivity index (χ3n) is 2.64. The monoisotopic (exact) mass is 271 g/mol. The zero-order chi connectivity index (χ0) is 12.3. The Kier molecular flexibility index (Phi) is 4.74. The van der Waals surface area contributed by atoms with Crippen LogP contribution in [0.3, 0.4) is 0 Å². The van der Waals surface area contributed by atoms with E-state index in [1.54, 1.807) is 0 Å². The number of hydrogen-bond donors (Lipinski definition) is 1. The first-order valence-electron chi connectivity index (χ1n) is 5.91. The van der Waals surface area contributed by atoms with Gasteiger partial charge in [-0.2, -0.15) is 0 Å². The van der Waals surface area contributed by atoms with Crippen LogP contribution in [0, 0.1) is 0 Å². The Bertz CT molecular complexity index is 380. The summed E-state index contributed by atoms with van der Waals surface area (Å²) in [6, 6.07) is 6.79. The number of nitrogens with one attached hydrogen (secondary N) is 1. The van der Waals surface area contributed by atoms with E-state index in [1.165, 1.54) is 4.90 Å². The van der Waals surface area contributed by atoms with Crippen molar-refractivity contribution in [3.63, 3.8) is 0 Å². The Labute approximate surface area is 112 Å². The molecule has 2 rings (SSSR count). The van der Waals surface area contributed by atoms with E-state index in [4.69, 9.17) is 16.3 Å². The van der Waals surface area contributed by atoms with Crippen LogP contribution in [0.1, 0.15) is 19.4 Å². The van der Waals surface area contributed by atoms with Crippen LogP contribution in [0.15, 0.2) is 23.1 Å². The number of hydrogen-bond acceptors (Lipinski definition) is 3. The highest BCUT2D eigenvalue weighted by Gasteiger charge is 2.19. The standard InChI is InChI=1S/C13H18ClNOS/c1-9(2)15-6-10-3-4-11(5-13(10)14)17-12-7-16-8-12/h3-5,9,12,15H,6-8H2,1-2H3. The molecule has 0 saturated carbocycles. The highest BCUT2D eigenvalue weighted by atomic mass is 35.5. The largest absolute Gasteiger partial charge is 0.379 e. The lowest BCUT2D eigenvalue weighted by Gasteiger charge is -2.25. The molecule has 1 aromatic carbocycles. The van der Waals surface area contributed by atoms with Crippen molar-refractivity contribution >= 4 is 23.4 Å². The first kappa shape index (κ1) is 13.2. The van der Waals surface area contributed by atoms with E-state index in [9.17, 15) is 0 Å². The van der Waals surface area contributed by atoms with E-state index in [1.807, 2.05) is 11.8 Å². The van der Waals surface area contributed by atoms with Gasteiger partial charge >= 0.3 is 0 Å². The van der Waals surface area contributed by atoms with Gasteiger partial charge in [0, 0.05) is 22.5 Å². The molecular weight excluding hydrogens is 254 g/mol. The molecule has 1 N–H and O–H groups in total. The summed E-state index contributed by atoms with van der Waals surface area (Å²) in [5.74, 6) is 0. The Hall–Kier alpha value is -0.220. The van der Waals surface area contributed by atoms with Crippen LogP contribution in [0.4, 0.5) is 0 Å². The molecule has 0 unspecified atom stereocenters. The number of rotatable bonds is 5. The van der Waals surface area contributed by atoms with Crippen molar-refractivity contribution in [2.45, 2.75) is 36.6 Å². The van der Waals surface area contributed by atoms with E-state index in [0.29, 0.717) is 11.3 Å². The Balaban J connectivity index is 1.95. The average molecular weight is 272 g/mol. The molecule has 0 atom stereocenters. The van der Waals surface area contributed by atoms with Gasteiger partial charge in [0.2, 0.25) is 0 Å². The number of thioether (sulfide) groups is 1. The van der Waals surface area contributed by atoms with Crippen LogP contribution in [0.2, 0.25) is 5.02 Å².